The summed E-state index contributed by atoms with van der Waals surface area (Å²) in [6.07, 6.45) is -21.1. The van der Waals surface area contributed by atoms with Gasteiger partial charge in [-0.3, -0.25) is 9.59 Å². The molecule has 15 atom stereocenters. The third-order valence-electron chi connectivity index (χ3n) is 17.3. The molecule has 10 rings (SSSR count). The van der Waals surface area contributed by atoms with E-state index in [0.29, 0.717) is 38.5 Å². The number of carboxylic acid groups (broad SMARTS) is 1. The van der Waals surface area contributed by atoms with Gasteiger partial charge < -0.3 is 76.5 Å². The standard InChI is InChI=1S/C79H80O25/c1-49-63(99-72(86)53-34-18-9-19-35-53)59(47-92-70(84)51-30-14-7-15-31-51)97-77(64(49)100-73(87)54-36-20-10-21-37-54)94-46-58-62(83)66(68(95-50(2)80)78(96-58)91-45-29-6-4-3-5-28-44-61(81)82)104-79-69(103-76(90)57-42-26-13-27-43-57)67(102-75(89)56-40-24-12-25-41-56)65(101-74(88)55-38-22-11-23-39-55)60(98-79)48-93-71(85)52-32-16-8-17-33-52/h7-27,30-43,49,58-60,62-69,77-79,83H,3-6,28-29,44-48H2,1-2H3,(H,81,82). The van der Waals surface area contributed by atoms with Crippen molar-refractivity contribution in [2.45, 2.75) is 145 Å². The van der Waals surface area contributed by atoms with Gasteiger partial charge in [-0.15, -0.1) is 0 Å². The molecule has 3 saturated heterocycles. The van der Waals surface area contributed by atoms with Crippen molar-refractivity contribution in [3.8, 4) is 0 Å². The van der Waals surface area contributed by atoms with Crippen molar-refractivity contribution in [3.05, 3.63) is 251 Å². The highest BCUT2D eigenvalue weighted by Crippen LogP contribution is 2.38. The van der Waals surface area contributed by atoms with Crippen LogP contribution in [0.2, 0.25) is 0 Å². The highest BCUT2D eigenvalue weighted by Gasteiger charge is 2.58. The number of carbonyl (C=O) groups excluding carboxylic acids is 8. The lowest BCUT2D eigenvalue weighted by Crippen LogP contribution is -2.67. The zero-order valence-electron chi connectivity index (χ0n) is 56.9. The SMILES string of the molecule is CC(=O)OC1C(OCCCCCCCCC(=O)O)OC(COC2OC(COC(=O)c3ccccc3)C(OC(=O)c3ccccc3)C(C)C2OC(=O)c2ccccc2)C(O)C1OC1OC(COC(=O)c2ccccc2)C(OC(=O)c2ccccc2)C(OC(=O)c2ccccc2)C1OC(=O)c1ccccc1. The van der Waals surface area contributed by atoms with Gasteiger partial charge in [0.25, 0.3) is 0 Å². The zero-order chi connectivity index (χ0) is 73.3. The summed E-state index contributed by atoms with van der Waals surface area (Å²) in [7, 11) is 0. The predicted molar refractivity (Wildman–Crippen MR) is 365 cm³/mol. The maximum Gasteiger partial charge on any atom is 0.338 e. The van der Waals surface area contributed by atoms with Gasteiger partial charge in [0.15, 0.2) is 49.4 Å². The molecular formula is C79H80O25. The van der Waals surface area contributed by atoms with E-state index in [1.54, 1.807) is 134 Å². The number of hydrogen-bond acceptors (Lipinski definition) is 24. The van der Waals surface area contributed by atoms with Crippen LogP contribution in [-0.4, -0.2) is 176 Å². The van der Waals surface area contributed by atoms with Crippen molar-refractivity contribution in [1.29, 1.82) is 0 Å². The van der Waals surface area contributed by atoms with Crippen LogP contribution < -0.4 is 0 Å². The fourth-order valence-electron chi connectivity index (χ4n) is 12.0. The Morgan fingerprint density at radius 1 is 0.337 bits per heavy atom. The lowest BCUT2D eigenvalue weighted by atomic mass is 9.90. The Balaban J connectivity index is 1.04. The van der Waals surface area contributed by atoms with Gasteiger partial charge in [-0.05, 0) is 97.8 Å². The number of esters is 8. The largest absolute Gasteiger partial charge is 0.481 e. The van der Waals surface area contributed by atoms with E-state index < -0.39 is 165 Å². The van der Waals surface area contributed by atoms with Crippen molar-refractivity contribution < 1.29 is 120 Å². The molecule has 7 aromatic rings. The Morgan fingerprint density at radius 3 is 1.09 bits per heavy atom. The molecule has 7 aromatic carbocycles. The summed E-state index contributed by atoms with van der Waals surface area (Å²) in [6, 6.07) is 54.8. The van der Waals surface area contributed by atoms with Crippen LogP contribution in [0.25, 0.3) is 0 Å². The topological polar surface area (TPSA) is 323 Å². The van der Waals surface area contributed by atoms with Crippen LogP contribution in [0.4, 0.5) is 0 Å². The average molecular weight is 1430 g/mol. The van der Waals surface area contributed by atoms with Crippen LogP contribution in [0.1, 0.15) is 131 Å². The number of aliphatic hydroxyl groups is 1. The molecule has 0 aliphatic carbocycles. The van der Waals surface area contributed by atoms with Gasteiger partial charge in [-0.25, -0.2) is 33.6 Å². The third-order valence-corrected chi connectivity index (χ3v) is 17.3. The fourth-order valence-corrected chi connectivity index (χ4v) is 12.0. The second-order valence-electron chi connectivity index (χ2n) is 24.7. The molecule has 104 heavy (non-hydrogen) atoms. The number of aliphatic carboxylic acids is 1. The molecule has 0 spiro atoms. The van der Waals surface area contributed by atoms with Crippen molar-refractivity contribution in [1.82, 2.24) is 0 Å². The molecular weight excluding hydrogens is 1350 g/mol. The Morgan fingerprint density at radius 2 is 0.663 bits per heavy atom. The molecule has 0 radical (unpaired) electrons. The van der Waals surface area contributed by atoms with Crippen LogP contribution in [-0.2, 0) is 75.9 Å². The molecule has 2 N–H and O–H groups in total. The summed E-state index contributed by atoms with van der Waals surface area (Å²) >= 11 is 0. The van der Waals surface area contributed by atoms with Gasteiger partial charge in [0, 0.05) is 25.9 Å². The lowest BCUT2D eigenvalue weighted by Gasteiger charge is -2.48. The molecule has 3 aliphatic rings. The number of unbranched alkanes of at least 4 members (excludes halogenated alkanes) is 5. The molecule has 3 aliphatic heterocycles. The summed E-state index contributed by atoms with van der Waals surface area (Å²) < 4.78 is 89.0. The summed E-state index contributed by atoms with van der Waals surface area (Å²) in [4.78, 5) is 124. The number of hydrogen-bond donors (Lipinski definition) is 2. The van der Waals surface area contributed by atoms with Crippen LogP contribution in [0.5, 0.6) is 0 Å². The number of carboxylic acids is 1. The van der Waals surface area contributed by atoms with Crippen molar-refractivity contribution >= 4 is 53.7 Å². The van der Waals surface area contributed by atoms with E-state index in [4.69, 9.17) is 66.3 Å². The van der Waals surface area contributed by atoms with E-state index in [2.05, 4.69) is 0 Å². The minimum absolute atomic E-state index is 0.0165. The first-order valence-corrected chi connectivity index (χ1v) is 34.2. The van der Waals surface area contributed by atoms with Crippen LogP contribution >= 0.6 is 0 Å². The normalized spacial score (nSPS) is 24.2. The monoisotopic (exact) mass is 1430 g/mol. The molecule has 0 aromatic heterocycles. The van der Waals surface area contributed by atoms with Gasteiger partial charge in [-0.1, -0.05) is 160 Å². The van der Waals surface area contributed by atoms with Crippen LogP contribution in [0.3, 0.4) is 0 Å². The summed E-state index contributed by atoms with van der Waals surface area (Å²) in [5, 5.41) is 22.3. The minimum Gasteiger partial charge on any atom is -0.481 e. The lowest BCUT2D eigenvalue weighted by molar-refractivity contribution is -0.364. The Hall–Kier alpha value is -10.5. The van der Waals surface area contributed by atoms with Crippen molar-refractivity contribution in [2.75, 3.05) is 26.4 Å². The van der Waals surface area contributed by atoms with Crippen molar-refractivity contribution in [3.63, 3.8) is 0 Å². The van der Waals surface area contributed by atoms with Gasteiger partial charge in [0.1, 0.15) is 49.8 Å². The molecule has 25 heteroatoms. The maximum atomic E-state index is 14.7. The minimum atomic E-state index is -2.11. The van der Waals surface area contributed by atoms with Gasteiger partial charge in [0.2, 0.25) is 0 Å². The number of carbonyl (C=O) groups is 9. The van der Waals surface area contributed by atoms with Crippen LogP contribution in [0.15, 0.2) is 212 Å². The fraction of sp³-hybridized carbons (Fsp3) is 0.354. The van der Waals surface area contributed by atoms with E-state index in [0.717, 1.165) is 6.92 Å². The van der Waals surface area contributed by atoms with E-state index >= 15 is 0 Å². The average Bonchev–Trinajstić information content (AvgIpc) is 0.771. The Labute approximate surface area is 599 Å². The third kappa shape index (κ3) is 21.1. The molecule has 15 unspecified atom stereocenters. The zero-order valence-corrected chi connectivity index (χ0v) is 56.9. The number of rotatable bonds is 32. The molecule has 0 amide bonds. The van der Waals surface area contributed by atoms with Crippen molar-refractivity contribution in [2.24, 2.45) is 5.92 Å². The Kier molecular flexibility index (Phi) is 27.9. The second-order valence-corrected chi connectivity index (χ2v) is 24.7. The van der Waals surface area contributed by atoms with E-state index in [-0.39, 0.29) is 52.0 Å². The van der Waals surface area contributed by atoms with E-state index in [1.165, 1.54) is 84.9 Å². The van der Waals surface area contributed by atoms with Gasteiger partial charge >= 0.3 is 53.7 Å². The van der Waals surface area contributed by atoms with Gasteiger partial charge in [0.05, 0.1) is 45.6 Å². The summed E-state index contributed by atoms with van der Waals surface area (Å²) in [6.45, 7) is 0.520. The highest BCUT2D eigenvalue weighted by atomic mass is 16.8. The maximum absolute atomic E-state index is 14.7. The Bertz CT molecular complexity index is 3930. The molecule has 25 nitrogen and oxygen atoms in total. The molecule has 0 saturated carbocycles. The number of aliphatic hydroxyl groups excluding tert-OH is 1. The van der Waals surface area contributed by atoms with E-state index in [1.807, 2.05) is 0 Å². The van der Waals surface area contributed by atoms with Crippen LogP contribution in [0, 0.1) is 5.92 Å². The molecule has 546 valence electrons. The first-order chi connectivity index (χ1) is 50.5. The number of benzene rings is 7. The summed E-state index contributed by atoms with van der Waals surface area (Å²) in [5.41, 5.74) is 0.524. The highest BCUT2D eigenvalue weighted by molar-refractivity contribution is 5.93. The first kappa shape index (κ1) is 76.1. The predicted octanol–water partition coefficient (Wildman–Crippen LogP) is 10.2. The molecule has 0 bridgehead atoms. The first-order valence-electron chi connectivity index (χ1n) is 34.2. The smallest absolute Gasteiger partial charge is 0.338 e. The van der Waals surface area contributed by atoms with E-state index in [9.17, 15) is 53.4 Å². The quantitative estimate of drug-likeness (QED) is 0.0225. The van der Waals surface area contributed by atoms with Gasteiger partial charge in [-0.2, -0.15) is 0 Å². The summed E-state index contributed by atoms with van der Waals surface area (Å²) in [5.74, 6) is -9.24. The molecule has 3 heterocycles. The second kappa shape index (κ2) is 38.1. The number of ether oxygens (including phenoxy) is 14. The molecule has 3 fully saturated rings.